The van der Waals surface area contributed by atoms with Crippen molar-refractivity contribution >= 4 is 23.6 Å². The fraction of sp³-hybridized carbons (Fsp3) is 0.833. The van der Waals surface area contributed by atoms with Crippen LogP contribution in [0.3, 0.4) is 0 Å². The third kappa shape index (κ3) is 3.21. The van der Waals surface area contributed by atoms with Crippen molar-refractivity contribution in [3.8, 4) is 0 Å². The highest BCUT2D eigenvalue weighted by atomic mass is 16.2. The van der Waals surface area contributed by atoms with Crippen LogP contribution in [0.4, 0.5) is 0 Å². The molecule has 6 nitrogen and oxygen atoms in total. The Hall–Kier alpha value is -1.72. The fourth-order valence-electron chi connectivity index (χ4n) is 6.42. The Labute approximate surface area is 179 Å². The van der Waals surface area contributed by atoms with Crippen molar-refractivity contribution in [2.24, 2.45) is 35.0 Å². The third-order valence-electron chi connectivity index (χ3n) is 8.13. The summed E-state index contributed by atoms with van der Waals surface area (Å²) in [5.74, 6) is -1.69. The van der Waals surface area contributed by atoms with Crippen molar-refractivity contribution in [2.45, 2.75) is 91.6 Å². The monoisotopic (exact) mass is 416 g/mol. The molecule has 2 heterocycles. The predicted octanol–water partition coefficient (Wildman–Crippen LogP) is 3.39. The smallest absolute Gasteiger partial charge is 0.233 e. The molecule has 2 aliphatic carbocycles. The molecule has 2 saturated carbocycles. The van der Waals surface area contributed by atoms with E-state index in [9.17, 15) is 19.2 Å². The Balaban J connectivity index is 1.50. The van der Waals surface area contributed by atoms with Gasteiger partial charge >= 0.3 is 0 Å². The minimum Gasteiger partial charge on any atom is -0.279 e. The van der Waals surface area contributed by atoms with Crippen molar-refractivity contribution in [1.29, 1.82) is 0 Å². The van der Waals surface area contributed by atoms with Crippen molar-refractivity contribution in [2.75, 3.05) is 0 Å². The zero-order chi connectivity index (χ0) is 22.2. The largest absolute Gasteiger partial charge is 0.279 e. The Morgan fingerprint density at radius 1 is 0.633 bits per heavy atom. The quantitative estimate of drug-likeness (QED) is 0.614. The van der Waals surface area contributed by atoms with Crippen molar-refractivity contribution in [3.63, 3.8) is 0 Å². The number of likely N-dealkylation sites (tertiary alicyclic amines) is 2. The molecule has 4 fully saturated rings. The first-order valence-electron chi connectivity index (χ1n) is 11.6. The highest BCUT2D eigenvalue weighted by Gasteiger charge is 2.61. The van der Waals surface area contributed by atoms with Gasteiger partial charge in [0, 0.05) is 11.6 Å². The maximum Gasteiger partial charge on any atom is 0.233 e. The first kappa shape index (κ1) is 21.5. The molecule has 4 atom stereocenters. The van der Waals surface area contributed by atoms with Crippen LogP contribution >= 0.6 is 0 Å². The highest BCUT2D eigenvalue weighted by molar-refractivity contribution is 6.09. The van der Waals surface area contributed by atoms with Gasteiger partial charge in [0.15, 0.2) is 0 Å². The molecule has 0 radical (unpaired) electrons. The summed E-state index contributed by atoms with van der Waals surface area (Å²) in [6.07, 6.45) is 4.46. The molecule has 0 aromatic rings. The number of imide groups is 2. The van der Waals surface area contributed by atoms with Gasteiger partial charge in [-0.15, -0.1) is 0 Å². The number of fused-ring (bicyclic) bond motifs is 2. The van der Waals surface area contributed by atoms with E-state index in [0.29, 0.717) is 18.8 Å². The van der Waals surface area contributed by atoms with Gasteiger partial charge in [0.05, 0.1) is 23.7 Å². The van der Waals surface area contributed by atoms with Gasteiger partial charge in [0.2, 0.25) is 23.6 Å². The van der Waals surface area contributed by atoms with Crippen LogP contribution in [0.2, 0.25) is 0 Å². The molecule has 2 aliphatic heterocycles. The molecule has 4 rings (SSSR count). The average Bonchev–Trinajstić information content (AvgIpc) is 3.04. The summed E-state index contributed by atoms with van der Waals surface area (Å²) in [7, 11) is 0. The Bertz CT molecular complexity index is 740. The molecule has 0 aromatic carbocycles. The van der Waals surface area contributed by atoms with Crippen LogP contribution in [-0.4, -0.2) is 45.0 Å². The number of carbonyl (C=O) groups is 4. The van der Waals surface area contributed by atoms with Gasteiger partial charge in [-0.2, -0.15) is 0 Å². The van der Waals surface area contributed by atoms with Crippen LogP contribution in [-0.2, 0) is 19.2 Å². The molecule has 4 amide bonds. The fourth-order valence-corrected chi connectivity index (χ4v) is 6.42. The summed E-state index contributed by atoms with van der Waals surface area (Å²) in [5.41, 5.74) is -0.332. The molecule has 166 valence electrons. The number of carbonyl (C=O) groups excluding carboxylic acids is 4. The van der Waals surface area contributed by atoms with Gasteiger partial charge < -0.3 is 0 Å². The Morgan fingerprint density at radius 2 is 1.03 bits per heavy atom. The van der Waals surface area contributed by atoms with Gasteiger partial charge in [-0.1, -0.05) is 20.8 Å². The maximum absolute atomic E-state index is 13.3. The second-order valence-electron chi connectivity index (χ2n) is 12.0. The topological polar surface area (TPSA) is 74.8 Å². The number of amides is 4. The van der Waals surface area contributed by atoms with E-state index >= 15 is 0 Å². The lowest BCUT2D eigenvalue weighted by Gasteiger charge is -2.39. The Kier molecular flexibility index (Phi) is 4.94. The minimum absolute atomic E-state index is 0.0217. The SMILES string of the molecule is CC(C)(C)C1CCC(N2C(=O)C3CC4C(=O)N(C(C)(C)C)C(=O)C4CC3C2=O)CC1. The number of nitrogens with zero attached hydrogens (tertiary/aromatic N) is 2. The number of hydrogen-bond donors (Lipinski definition) is 0. The molecule has 6 heteroatoms. The molecule has 0 aromatic heterocycles. The normalized spacial score (nSPS) is 37.7. The molecule has 4 aliphatic rings. The lowest BCUT2D eigenvalue weighted by Crippen LogP contribution is -2.46. The van der Waals surface area contributed by atoms with Gasteiger partial charge in [-0.3, -0.25) is 29.0 Å². The highest BCUT2D eigenvalue weighted by Crippen LogP contribution is 2.50. The summed E-state index contributed by atoms with van der Waals surface area (Å²) in [5, 5.41) is 0. The van der Waals surface area contributed by atoms with E-state index in [4.69, 9.17) is 0 Å². The van der Waals surface area contributed by atoms with E-state index < -0.39 is 29.2 Å². The van der Waals surface area contributed by atoms with Crippen molar-refractivity contribution in [3.05, 3.63) is 0 Å². The second kappa shape index (κ2) is 6.89. The number of hydrogen-bond acceptors (Lipinski definition) is 4. The summed E-state index contributed by atoms with van der Waals surface area (Å²) in [4.78, 5) is 55.4. The summed E-state index contributed by atoms with van der Waals surface area (Å²) in [6, 6.07) is -0.0217. The summed E-state index contributed by atoms with van der Waals surface area (Å²) < 4.78 is 0. The molecule has 30 heavy (non-hydrogen) atoms. The van der Waals surface area contributed by atoms with Crippen LogP contribution in [0.5, 0.6) is 0 Å². The first-order valence-corrected chi connectivity index (χ1v) is 11.6. The molecular formula is C24H36N2O4. The van der Waals surface area contributed by atoms with E-state index in [2.05, 4.69) is 20.8 Å². The standard InChI is InChI=1S/C24H36N2O4/c1-23(2,3)13-7-9-14(10-8-13)25-19(27)15-11-17-18(12-16(15)20(25)28)22(30)26(21(17)29)24(4,5)6/h13-18H,7-12H2,1-6H3. The van der Waals surface area contributed by atoms with Crippen LogP contribution < -0.4 is 0 Å². The van der Waals surface area contributed by atoms with Gasteiger partial charge in [0.1, 0.15) is 0 Å². The summed E-state index contributed by atoms with van der Waals surface area (Å²) >= 11 is 0. The van der Waals surface area contributed by atoms with Crippen LogP contribution in [0.1, 0.15) is 80.1 Å². The third-order valence-corrected chi connectivity index (χ3v) is 8.13. The molecule has 2 saturated heterocycles. The zero-order valence-corrected chi connectivity index (χ0v) is 19.2. The van der Waals surface area contributed by atoms with Crippen LogP contribution in [0.15, 0.2) is 0 Å². The maximum atomic E-state index is 13.3. The van der Waals surface area contributed by atoms with E-state index in [1.54, 1.807) is 0 Å². The van der Waals surface area contributed by atoms with Crippen LogP contribution in [0, 0.1) is 35.0 Å². The van der Waals surface area contributed by atoms with Gasteiger partial charge in [-0.25, -0.2) is 0 Å². The Morgan fingerprint density at radius 3 is 1.40 bits per heavy atom. The average molecular weight is 417 g/mol. The summed E-state index contributed by atoms with van der Waals surface area (Å²) in [6.45, 7) is 12.3. The van der Waals surface area contributed by atoms with Crippen molar-refractivity contribution < 1.29 is 19.2 Å². The van der Waals surface area contributed by atoms with Gasteiger partial charge in [-0.05, 0) is 70.6 Å². The van der Waals surface area contributed by atoms with Crippen LogP contribution in [0.25, 0.3) is 0 Å². The molecule has 0 N–H and O–H groups in total. The van der Waals surface area contributed by atoms with E-state index in [-0.39, 0.29) is 35.1 Å². The van der Waals surface area contributed by atoms with E-state index in [1.165, 1.54) is 9.80 Å². The zero-order valence-electron chi connectivity index (χ0n) is 19.2. The van der Waals surface area contributed by atoms with E-state index in [0.717, 1.165) is 25.7 Å². The lowest BCUT2D eigenvalue weighted by molar-refractivity contribution is -0.145. The minimum atomic E-state index is -0.577. The predicted molar refractivity (Wildman–Crippen MR) is 112 cm³/mol. The second-order valence-corrected chi connectivity index (χ2v) is 12.0. The molecule has 0 spiro atoms. The van der Waals surface area contributed by atoms with Gasteiger partial charge in [0.25, 0.3) is 0 Å². The lowest BCUT2D eigenvalue weighted by atomic mass is 9.70. The number of rotatable bonds is 1. The van der Waals surface area contributed by atoms with Crippen molar-refractivity contribution in [1.82, 2.24) is 9.80 Å². The molecule has 0 bridgehead atoms. The first-order chi connectivity index (χ1) is 13.8. The van der Waals surface area contributed by atoms with E-state index in [1.807, 2.05) is 20.8 Å². The molecular weight excluding hydrogens is 380 g/mol. The molecule has 4 unspecified atom stereocenters.